The molecule has 0 aromatic rings. The molecule has 0 atom stereocenters. The summed E-state index contributed by atoms with van der Waals surface area (Å²) in [6.45, 7) is 0. The molecule has 0 amide bonds. The topological polar surface area (TPSA) is 230 Å². The quantitative estimate of drug-likeness (QED) is 0.145. The highest BCUT2D eigenvalue weighted by Crippen LogP contribution is 2.03. The standard InChI is InChI=1S/2C3H10O6SSi/c2*4-10(5,6)2-1-3-11(7,8)9/h2*7-9H,1-3H2,(H,4,5,6). The van der Waals surface area contributed by atoms with Crippen LogP contribution in [0.3, 0.4) is 0 Å². The Bertz CT molecular complexity index is 453. The Kier molecular flexibility index (Phi) is 10.3. The summed E-state index contributed by atoms with van der Waals surface area (Å²) in [5.41, 5.74) is 0. The Morgan fingerprint density at radius 1 is 0.591 bits per heavy atom. The van der Waals surface area contributed by atoms with Gasteiger partial charge in [0.25, 0.3) is 20.2 Å². The molecular weight excluding hydrogens is 384 g/mol. The minimum atomic E-state index is -4.13. The van der Waals surface area contributed by atoms with Gasteiger partial charge in [0, 0.05) is 12.1 Å². The summed E-state index contributed by atoms with van der Waals surface area (Å²) in [5, 5.41) is 0. The van der Waals surface area contributed by atoms with Crippen LogP contribution in [0.1, 0.15) is 12.8 Å². The lowest BCUT2D eigenvalue weighted by Crippen LogP contribution is -2.34. The van der Waals surface area contributed by atoms with Gasteiger partial charge in [-0.25, -0.2) is 0 Å². The SMILES string of the molecule is O=S(=O)(O)CCC[Si](O)(O)O.O=S(=O)(O)CCC[Si](O)(O)O. The summed E-state index contributed by atoms with van der Waals surface area (Å²) in [6, 6.07) is -0.764. The van der Waals surface area contributed by atoms with Gasteiger partial charge >= 0.3 is 17.6 Å². The van der Waals surface area contributed by atoms with Crippen molar-refractivity contribution in [2.45, 2.75) is 24.9 Å². The monoisotopic (exact) mass is 404 g/mol. The molecule has 8 N–H and O–H groups in total. The van der Waals surface area contributed by atoms with Gasteiger partial charge in [-0.1, -0.05) is 0 Å². The van der Waals surface area contributed by atoms with E-state index in [1.807, 2.05) is 0 Å². The molecule has 136 valence electrons. The smallest absolute Gasteiger partial charge is 0.390 e. The van der Waals surface area contributed by atoms with E-state index >= 15 is 0 Å². The second-order valence-corrected chi connectivity index (χ2v) is 11.6. The average Bonchev–Trinajstić information content (AvgIpc) is 2.08. The normalized spacial score (nSPS) is 13.5. The molecule has 0 heterocycles. The summed E-state index contributed by atoms with van der Waals surface area (Å²) in [7, 11) is -16.4. The summed E-state index contributed by atoms with van der Waals surface area (Å²) >= 11 is 0. The Labute approximate surface area is 129 Å². The van der Waals surface area contributed by atoms with Gasteiger partial charge in [0.15, 0.2) is 0 Å². The van der Waals surface area contributed by atoms with E-state index in [1.165, 1.54) is 0 Å². The zero-order valence-electron chi connectivity index (χ0n) is 11.3. The van der Waals surface area contributed by atoms with Gasteiger partial charge in [-0.15, -0.1) is 0 Å². The van der Waals surface area contributed by atoms with Gasteiger partial charge in [0.1, 0.15) is 0 Å². The predicted molar refractivity (Wildman–Crippen MR) is 76.5 cm³/mol. The molecule has 0 saturated heterocycles. The van der Waals surface area contributed by atoms with E-state index in [0.29, 0.717) is 0 Å². The molecule has 0 aliphatic rings. The van der Waals surface area contributed by atoms with E-state index in [0.717, 1.165) is 0 Å². The van der Waals surface area contributed by atoms with E-state index in [4.69, 9.17) is 37.9 Å². The Balaban J connectivity index is 0. The second kappa shape index (κ2) is 9.34. The van der Waals surface area contributed by atoms with Crippen LogP contribution < -0.4 is 0 Å². The summed E-state index contributed by atoms with van der Waals surface area (Å²) in [4.78, 5) is 50.3. The minimum absolute atomic E-state index is 0.158. The Hall–Kier alpha value is 0.0138. The molecule has 0 aliphatic heterocycles. The first kappa shape index (κ1) is 24.3. The summed E-state index contributed by atoms with van der Waals surface area (Å²) < 4.78 is 56.5. The van der Waals surface area contributed by atoms with Crippen molar-refractivity contribution in [1.82, 2.24) is 0 Å². The average molecular weight is 405 g/mol. The van der Waals surface area contributed by atoms with E-state index in [9.17, 15) is 16.8 Å². The van der Waals surface area contributed by atoms with Crippen molar-refractivity contribution in [3.63, 3.8) is 0 Å². The maximum atomic E-state index is 10.0. The zero-order chi connectivity index (χ0) is 18.2. The fourth-order valence-corrected chi connectivity index (χ4v) is 3.82. The second-order valence-electron chi connectivity index (χ2n) is 4.33. The van der Waals surface area contributed by atoms with Crippen LogP contribution in [0, 0.1) is 0 Å². The third-order valence-corrected chi connectivity index (χ3v) is 5.49. The van der Waals surface area contributed by atoms with E-state index in [-0.39, 0.29) is 24.9 Å². The van der Waals surface area contributed by atoms with Gasteiger partial charge in [0.05, 0.1) is 11.5 Å². The third-order valence-electron chi connectivity index (χ3n) is 1.83. The highest BCUT2D eigenvalue weighted by molar-refractivity contribution is 7.86. The molecule has 0 unspecified atom stereocenters. The van der Waals surface area contributed by atoms with Gasteiger partial charge in [-0.05, 0) is 12.8 Å². The van der Waals surface area contributed by atoms with Gasteiger partial charge in [-0.2, -0.15) is 16.8 Å². The predicted octanol–water partition coefficient (Wildman–Crippen LogP) is -3.64. The van der Waals surface area contributed by atoms with E-state index in [2.05, 4.69) is 0 Å². The molecule has 0 aliphatic carbocycles. The summed E-state index contributed by atoms with van der Waals surface area (Å²) in [5.74, 6) is -1.13. The first-order valence-corrected chi connectivity index (χ1v) is 13.0. The first-order chi connectivity index (χ1) is 9.41. The highest BCUT2D eigenvalue weighted by atomic mass is 32.2. The largest absolute Gasteiger partial charge is 0.492 e. The van der Waals surface area contributed by atoms with Crippen LogP contribution in [0.4, 0.5) is 0 Å². The van der Waals surface area contributed by atoms with Crippen LogP contribution in [-0.2, 0) is 20.2 Å². The van der Waals surface area contributed by atoms with Crippen LogP contribution in [-0.4, -0.2) is 83.8 Å². The minimum Gasteiger partial charge on any atom is -0.390 e. The molecule has 0 aromatic heterocycles. The maximum absolute atomic E-state index is 10.0. The molecular formula is C6H20O12S2Si2. The molecule has 0 spiro atoms. The Morgan fingerprint density at radius 3 is 0.955 bits per heavy atom. The maximum Gasteiger partial charge on any atom is 0.492 e. The van der Waals surface area contributed by atoms with Crippen molar-refractivity contribution in [2.24, 2.45) is 0 Å². The Morgan fingerprint density at radius 2 is 0.818 bits per heavy atom. The van der Waals surface area contributed by atoms with E-state index < -0.39 is 49.4 Å². The van der Waals surface area contributed by atoms with Crippen LogP contribution in [0.2, 0.25) is 12.1 Å². The highest BCUT2D eigenvalue weighted by Gasteiger charge is 2.27. The van der Waals surface area contributed by atoms with Crippen molar-refractivity contribution in [2.75, 3.05) is 11.5 Å². The van der Waals surface area contributed by atoms with Gasteiger partial charge in [-0.3, -0.25) is 9.11 Å². The zero-order valence-corrected chi connectivity index (χ0v) is 14.9. The molecule has 0 fully saturated rings. The van der Waals surface area contributed by atoms with Crippen LogP contribution in [0.15, 0.2) is 0 Å². The van der Waals surface area contributed by atoms with Crippen molar-refractivity contribution >= 4 is 37.8 Å². The van der Waals surface area contributed by atoms with Gasteiger partial charge < -0.3 is 28.8 Å². The van der Waals surface area contributed by atoms with Gasteiger partial charge in [0.2, 0.25) is 0 Å². The number of hydrogen-bond donors (Lipinski definition) is 8. The number of hydrogen-bond acceptors (Lipinski definition) is 10. The molecule has 0 aromatic carbocycles. The summed E-state index contributed by atoms with van der Waals surface area (Å²) in [6.07, 6.45) is -0.316. The fraction of sp³-hybridized carbons (Fsp3) is 1.00. The molecule has 0 radical (unpaired) electrons. The van der Waals surface area contributed by atoms with Crippen LogP contribution in [0.25, 0.3) is 0 Å². The molecule has 0 bridgehead atoms. The van der Waals surface area contributed by atoms with Crippen molar-refractivity contribution in [3.8, 4) is 0 Å². The first-order valence-electron chi connectivity index (χ1n) is 5.66. The molecule has 12 nitrogen and oxygen atoms in total. The van der Waals surface area contributed by atoms with Crippen LogP contribution in [0.5, 0.6) is 0 Å². The van der Waals surface area contributed by atoms with Crippen molar-refractivity contribution in [1.29, 1.82) is 0 Å². The third kappa shape index (κ3) is 28.2. The van der Waals surface area contributed by atoms with E-state index in [1.54, 1.807) is 0 Å². The lowest BCUT2D eigenvalue weighted by molar-refractivity contribution is 0.225. The lowest BCUT2D eigenvalue weighted by Gasteiger charge is -2.06. The number of rotatable bonds is 8. The lowest BCUT2D eigenvalue weighted by atomic mass is 10.6. The van der Waals surface area contributed by atoms with Crippen molar-refractivity contribution < 1.29 is 54.7 Å². The molecule has 22 heavy (non-hydrogen) atoms. The van der Waals surface area contributed by atoms with Crippen molar-refractivity contribution in [3.05, 3.63) is 0 Å². The fourth-order valence-electron chi connectivity index (χ4n) is 0.983. The van der Waals surface area contributed by atoms with Crippen LogP contribution >= 0.6 is 0 Å². The molecule has 0 rings (SSSR count). The molecule has 0 saturated carbocycles. The molecule has 16 heteroatoms.